The Hall–Kier alpha value is 1.94. The fourth-order valence-corrected chi connectivity index (χ4v) is 14.1. The molecule has 2 nitrogen and oxygen atoms in total. The zero-order valence-corrected chi connectivity index (χ0v) is 24.1. The van der Waals surface area contributed by atoms with Crippen LogP contribution in [-0.2, 0) is 0 Å². The third kappa shape index (κ3) is 8.03. The van der Waals surface area contributed by atoms with Crippen molar-refractivity contribution in [2.45, 2.75) is 19.3 Å². The van der Waals surface area contributed by atoms with Gasteiger partial charge in [0.2, 0.25) is 0 Å². The van der Waals surface area contributed by atoms with Gasteiger partial charge in [-0.05, 0) is 83.6 Å². The summed E-state index contributed by atoms with van der Waals surface area (Å²) in [5, 5.41) is 0. The van der Waals surface area contributed by atoms with Crippen LogP contribution in [0, 0.1) is 0 Å². The predicted molar refractivity (Wildman–Crippen MR) is 152 cm³/mol. The van der Waals surface area contributed by atoms with Crippen LogP contribution in [-0.4, -0.2) is 74.1 Å². The fraction of sp³-hybridized carbons (Fsp3) is 0.684. The second-order valence-electron chi connectivity index (χ2n) is 6.91. The lowest BCUT2D eigenvalue weighted by molar-refractivity contribution is 0.280. The molecule has 0 fully saturated rings. The van der Waals surface area contributed by atoms with Crippen LogP contribution < -0.4 is 0 Å². The van der Waals surface area contributed by atoms with Gasteiger partial charge in [0.1, 0.15) is 0 Å². The highest BCUT2D eigenvalue weighted by molar-refractivity contribution is 8.45. The Kier molecular flexibility index (Phi) is 12.0. The lowest BCUT2D eigenvalue weighted by atomic mass is 10.3. The van der Waals surface area contributed by atoms with E-state index in [0.29, 0.717) is 0 Å². The molecular formula is C19H30N2S8. The Balaban J connectivity index is 1.68. The number of hydrogen-bond donors (Lipinski definition) is 0. The summed E-state index contributed by atoms with van der Waals surface area (Å²) >= 11 is 16.0. The van der Waals surface area contributed by atoms with Gasteiger partial charge >= 0.3 is 0 Å². The van der Waals surface area contributed by atoms with Crippen LogP contribution in [0.15, 0.2) is 25.4 Å². The Morgan fingerprint density at radius 3 is 1.41 bits per heavy atom. The number of hydrogen-bond acceptors (Lipinski definition) is 10. The van der Waals surface area contributed by atoms with Crippen LogP contribution in [0.4, 0.5) is 0 Å². The average molecular weight is 543 g/mol. The fourth-order valence-electron chi connectivity index (χ4n) is 2.97. The molecule has 0 N–H and O–H groups in total. The normalized spacial score (nSPS) is 24.8. The van der Waals surface area contributed by atoms with Crippen molar-refractivity contribution in [2.75, 3.05) is 64.3 Å². The second kappa shape index (κ2) is 13.6. The number of nitrogens with zero attached hydrogens (tertiary/aromatic N) is 2. The topological polar surface area (TPSA) is 6.48 Å². The summed E-state index contributed by atoms with van der Waals surface area (Å²) in [4.78, 5) is 5.02. The van der Waals surface area contributed by atoms with Crippen molar-refractivity contribution in [1.82, 2.24) is 9.80 Å². The van der Waals surface area contributed by atoms with Crippen molar-refractivity contribution in [3.8, 4) is 0 Å². The smallest absolute Gasteiger partial charge is 0.0717 e. The van der Waals surface area contributed by atoms with Gasteiger partial charge in [0.05, 0.1) is 25.4 Å². The van der Waals surface area contributed by atoms with E-state index in [2.05, 4.69) is 59.9 Å². The molecule has 0 aromatic rings. The first-order valence-corrected chi connectivity index (χ1v) is 17.4. The molecule has 4 bridgehead atoms. The summed E-state index contributed by atoms with van der Waals surface area (Å²) in [6.07, 6.45) is 8.25. The van der Waals surface area contributed by atoms with Crippen molar-refractivity contribution in [3.63, 3.8) is 0 Å². The molecule has 0 spiro atoms. The maximum absolute atomic E-state index is 2.51. The van der Waals surface area contributed by atoms with Gasteiger partial charge in [-0.25, -0.2) is 0 Å². The molecule has 3 aliphatic rings. The highest BCUT2D eigenvalue weighted by Crippen LogP contribution is 2.65. The minimum Gasteiger partial charge on any atom is -0.306 e. The highest BCUT2D eigenvalue weighted by atomic mass is 32.3. The van der Waals surface area contributed by atoms with Gasteiger partial charge in [0, 0.05) is 0 Å². The Labute approximate surface area is 211 Å². The maximum Gasteiger partial charge on any atom is 0.0717 e. The van der Waals surface area contributed by atoms with E-state index in [1.807, 2.05) is 70.6 Å². The first-order valence-electron chi connectivity index (χ1n) is 9.75. The van der Waals surface area contributed by atoms with Crippen molar-refractivity contribution in [3.05, 3.63) is 25.4 Å². The molecule has 3 aliphatic heterocycles. The lowest BCUT2D eigenvalue weighted by Crippen LogP contribution is -2.27. The Morgan fingerprint density at radius 1 is 0.586 bits per heavy atom. The predicted octanol–water partition coefficient (Wildman–Crippen LogP) is 7.57. The van der Waals surface area contributed by atoms with Gasteiger partial charge in [0.25, 0.3) is 0 Å². The van der Waals surface area contributed by atoms with E-state index in [1.54, 1.807) is 0 Å². The molecule has 0 radical (unpaired) electrons. The molecule has 0 atom stereocenters. The van der Waals surface area contributed by atoms with Crippen molar-refractivity contribution < 1.29 is 0 Å². The summed E-state index contributed by atoms with van der Waals surface area (Å²) in [6.45, 7) is 4.83. The SMILES string of the molecule is CSC1=C2SCCCN(C)CCCN(C)CCCSC3=C(SC)SC(=C(S1)S2)S3. The largest absolute Gasteiger partial charge is 0.306 e. The van der Waals surface area contributed by atoms with Crippen LogP contribution in [0.5, 0.6) is 0 Å². The minimum absolute atomic E-state index is 1.21. The summed E-state index contributed by atoms with van der Waals surface area (Å²) in [5.74, 6) is 2.44. The summed E-state index contributed by atoms with van der Waals surface area (Å²) in [7, 11) is 4.56. The second-order valence-corrected chi connectivity index (χ2v) is 16.4. The molecule has 0 unspecified atom stereocenters. The molecule has 0 saturated heterocycles. The van der Waals surface area contributed by atoms with E-state index >= 15 is 0 Å². The van der Waals surface area contributed by atoms with Crippen molar-refractivity contribution in [1.29, 1.82) is 0 Å². The van der Waals surface area contributed by atoms with E-state index in [9.17, 15) is 0 Å². The van der Waals surface area contributed by atoms with Crippen molar-refractivity contribution >= 4 is 94.1 Å². The van der Waals surface area contributed by atoms with Gasteiger partial charge in [-0.15, -0.1) is 47.0 Å². The van der Waals surface area contributed by atoms with E-state index < -0.39 is 0 Å². The van der Waals surface area contributed by atoms with Gasteiger partial charge in [-0.2, -0.15) is 0 Å². The van der Waals surface area contributed by atoms with E-state index in [1.165, 1.54) is 82.4 Å². The number of thioether (sulfide) groups is 8. The van der Waals surface area contributed by atoms with Crippen LogP contribution in [0.3, 0.4) is 0 Å². The summed E-state index contributed by atoms with van der Waals surface area (Å²) in [6, 6.07) is 0. The summed E-state index contributed by atoms with van der Waals surface area (Å²) in [5.41, 5.74) is 0. The zero-order chi connectivity index (χ0) is 20.6. The minimum atomic E-state index is 1.21. The van der Waals surface area contributed by atoms with Crippen LogP contribution in [0.1, 0.15) is 19.3 Å². The first kappa shape index (κ1) is 25.6. The van der Waals surface area contributed by atoms with E-state index in [4.69, 9.17) is 0 Å². The lowest BCUT2D eigenvalue weighted by Gasteiger charge is -2.20. The van der Waals surface area contributed by atoms with E-state index in [-0.39, 0.29) is 0 Å². The molecular weight excluding hydrogens is 513 g/mol. The third-order valence-corrected chi connectivity index (χ3v) is 16.0. The molecule has 10 heteroatoms. The first-order chi connectivity index (χ1) is 14.1. The van der Waals surface area contributed by atoms with Crippen LogP contribution in [0.2, 0.25) is 0 Å². The van der Waals surface area contributed by atoms with Crippen LogP contribution in [0.25, 0.3) is 0 Å². The monoisotopic (exact) mass is 542 g/mol. The van der Waals surface area contributed by atoms with Gasteiger partial charge in [-0.1, -0.05) is 47.0 Å². The molecule has 0 aromatic heterocycles. The quantitative estimate of drug-likeness (QED) is 0.343. The third-order valence-electron chi connectivity index (χ3n) is 4.53. The molecule has 164 valence electrons. The molecule has 0 aliphatic carbocycles. The molecule has 29 heavy (non-hydrogen) atoms. The maximum atomic E-state index is 2.51. The number of rotatable bonds is 2. The van der Waals surface area contributed by atoms with Gasteiger partial charge in [-0.3, -0.25) is 0 Å². The highest BCUT2D eigenvalue weighted by Gasteiger charge is 2.30. The van der Waals surface area contributed by atoms with Gasteiger partial charge in [0.15, 0.2) is 0 Å². The molecule has 3 rings (SSSR count). The Morgan fingerprint density at radius 2 is 1.00 bits per heavy atom. The molecule has 0 saturated carbocycles. The summed E-state index contributed by atoms with van der Waals surface area (Å²) < 4.78 is 9.07. The molecule has 3 heterocycles. The van der Waals surface area contributed by atoms with Crippen molar-refractivity contribution in [2.24, 2.45) is 0 Å². The van der Waals surface area contributed by atoms with Gasteiger partial charge < -0.3 is 9.80 Å². The Bertz CT molecular complexity index is 607. The number of fused-ring (bicyclic) bond motifs is 4. The van der Waals surface area contributed by atoms with E-state index in [0.717, 1.165) is 0 Å². The molecule has 0 aromatic carbocycles. The average Bonchev–Trinajstić information content (AvgIpc) is 3.31. The molecule has 0 amide bonds. The standard InChI is InChI=1S/C19H30N2S8/c1-20-8-5-9-21(2)11-7-13-25-17-15(23-4)27-19(29-17)18-26-14(22-3)16(28-18)24-12-6-10-20/h5-13H2,1-4H3. The van der Waals surface area contributed by atoms with Crippen LogP contribution >= 0.6 is 94.1 Å². The zero-order valence-electron chi connectivity index (χ0n) is 17.5.